The lowest BCUT2D eigenvalue weighted by Crippen LogP contribution is -1.92. The maximum absolute atomic E-state index is 9.13. The average Bonchev–Trinajstić information content (AvgIpc) is 2.19. The molecule has 0 fully saturated rings. The number of hydrogen-bond donors (Lipinski definition) is 1. The molecule has 0 saturated carbocycles. The lowest BCUT2D eigenvalue weighted by molar-refractivity contribution is 0.134. The molecule has 1 unspecified atom stereocenters. The number of benzene rings is 1. The van der Waals surface area contributed by atoms with Gasteiger partial charge in [-0.3, -0.25) is 0 Å². The Morgan fingerprint density at radius 3 is 2.54 bits per heavy atom. The van der Waals surface area contributed by atoms with Gasteiger partial charge in [-0.1, -0.05) is 37.3 Å². The van der Waals surface area contributed by atoms with Crippen LogP contribution >= 0.6 is 0 Å². The zero-order valence-corrected chi connectivity index (χ0v) is 7.90. The third-order valence-electron chi connectivity index (χ3n) is 1.93. The van der Waals surface area contributed by atoms with Crippen molar-refractivity contribution in [1.82, 2.24) is 0 Å². The summed E-state index contributed by atoms with van der Waals surface area (Å²) in [6.45, 7) is 2.00. The second kappa shape index (κ2) is 4.55. The van der Waals surface area contributed by atoms with Crippen molar-refractivity contribution in [2.24, 2.45) is 0 Å². The maximum Gasteiger partial charge on any atom is 0.272 e. The quantitative estimate of drug-likeness (QED) is 0.721. The molecule has 1 rings (SSSR count). The van der Waals surface area contributed by atoms with Crippen LogP contribution in [0.1, 0.15) is 18.4 Å². The fourth-order valence-electron chi connectivity index (χ4n) is 1.13. The number of aliphatic hydroxyl groups excluding tert-OH is 1. The number of ether oxygens (including phenoxy) is 1. The minimum absolute atomic E-state index is 0.0312. The van der Waals surface area contributed by atoms with Gasteiger partial charge in [0, 0.05) is 12.0 Å². The molecule has 0 aromatic heterocycles. The number of rotatable bonds is 3. The summed E-state index contributed by atoms with van der Waals surface area (Å²) >= 11 is 0. The predicted octanol–water partition coefficient (Wildman–Crippen LogP) is 2.84. The van der Waals surface area contributed by atoms with Crippen LogP contribution in [0.5, 0.6) is 0 Å². The monoisotopic (exact) mass is 178 g/mol. The van der Waals surface area contributed by atoms with Crippen molar-refractivity contribution in [1.29, 1.82) is 0 Å². The number of aliphatic hydroxyl groups is 1. The Labute approximate surface area is 78.5 Å². The summed E-state index contributed by atoms with van der Waals surface area (Å²) in [5, 5.41) is 9.13. The van der Waals surface area contributed by atoms with Gasteiger partial charge in [0.15, 0.2) is 0 Å². The van der Waals surface area contributed by atoms with Gasteiger partial charge in [-0.05, 0) is 5.56 Å². The zero-order valence-electron chi connectivity index (χ0n) is 7.90. The molecule has 1 aromatic carbocycles. The molecule has 1 atom stereocenters. The van der Waals surface area contributed by atoms with Crippen molar-refractivity contribution < 1.29 is 9.84 Å². The Balaban J connectivity index is 2.75. The van der Waals surface area contributed by atoms with Gasteiger partial charge in [0.05, 0.1) is 7.11 Å². The molecule has 0 amide bonds. The molecule has 0 bridgehead atoms. The van der Waals surface area contributed by atoms with Crippen molar-refractivity contribution in [3.8, 4) is 0 Å². The largest absolute Gasteiger partial charge is 0.481 e. The van der Waals surface area contributed by atoms with Crippen molar-refractivity contribution in [2.75, 3.05) is 7.11 Å². The summed E-state index contributed by atoms with van der Waals surface area (Å²) in [5.41, 5.74) is 1.16. The summed E-state index contributed by atoms with van der Waals surface area (Å²) in [6, 6.07) is 9.96. The molecule has 0 aliphatic carbocycles. The van der Waals surface area contributed by atoms with Gasteiger partial charge in [0.2, 0.25) is 0 Å². The Bertz CT molecular complexity index is 277. The molecular formula is C11H14O2. The van der Waals surface area contributed by atoms with E-state index in [1.54, 1.807) is 6.08 Å². The predicted molar refractivity (Wildman–Crippen MR) is 52.6 cm³/mol. The van der Waals surface area contributed by atoms with Crippen molar-refractivity contribution >= 4 is 0 Å². The summed E-state index contributed by atoms with van der Waals surface area (Å²) in [6.07, 6.45) is 1.68. The lowest BCUT2D eigenvalue weighted by Gasteiger charge is -2.06. The van der Waals surface area contributed by atoms with E-state index < -0.39 is 0 Å². The summed E-state index contributed by atoms with van der Waals surface area (Å²) in [7, 11) is 1.45. The molecule has 0 saturated heterocycles. The number of methoxy groups -OCH3 is 1. The van der Waals surface area contributed by atoms with Gasteiger partial charge >= 0.3 is 0 Å². The second-order valence-electron chi connectivity index (χ2n) is 2.91. The van der Waals surface area contributed by atoms with E-state index in [0.717, 1.165) is 5.56 Å². The molecule has 0 spiro atoms. The molecule has 1 N–H and O–H groups in total. The third kappa shape index (κ3) is 2.82. The Morgan fingerprint density at radius 2 is 2.00 bits per heavy atom. The first-order valence-electron chi connectivity index (χ1n) is 4.23. The molecule has 0 aliphatic heterocycles. The maximum atomic E-state index is 9.13. The van der Waals surface area contributed by atoms with Gasteiger partial charge in [-0.2, -0.15) is 0 Å². The van der Waals surface area contributed by atoms with Crippen LogP contribution in [0.2, 0.25) is 0 Å². The molecule has 13 heavy (non-hydrogen) atoms. The third-order valence-corrected chi connectivity index (χ3v) is 1.93. The van der Waals surface area contributed by atoms with Crippen LogP contribution in [0.15, 0.2) is 42.4 Å². The van der Waals surface area contributed by atoms with Crippen LogP contribution < -0.4 is 0 Å². The Kier molecular flexibility index (Phi) is 3.38. The topological polar surface area (TPSA) is 29.5 Å². The smallest absolute Gasteiger partial charge is 0.272 e. The van der Waals surface area contributed by atoms with E-state index in [2.05, 4.69) is 4.74 Å². The van der Waals surface area contributed by atoms with Crippen molar-refractivity contribution in [3.63, 3.8) is 0 Å². The van der Waals surface area contributed by atoms with E-state index in [1.165, 1.54) is 7.11 Å². The van der Waals surface area contributed by atoms with E-state index in [4.69, 9.17) is 5.11 Å². The van der Waals surface area contributed by atoms with E-state index >= 15 is 0 Å². The lowest BCUT2D eigenvalue weighted by atomic mass is 10.0. The first-order chi connectivity index (χ1) is 6.24. The molecule has 0 heterocycles. The summed E-state index contributed by atoms with van der Waals surface area (Å²) < 4.78 is 4.66. The molecule has 2 nitrogen and oxygen atoms in total. The first-order valence-corrected chi connectivity index (χ1v) is 4.23. The molecule has 0 aliphatic rings. The fourth-order valence-corrected chi connectivity index (χ4v) is 1.13. The highest BCUT2D eigenvalue weighted by molar-refractivity contribution is 5.22. The SMILES string of the molecule is CO/C(O)=C\C(C)c1ccccc1. The van der Waals surface area contributed by atoms with E-state index in [9.17, 15) is 0 Å². The highest BCUT2D eigenvalue weighted by atomic mass is 16.6. The van der Waals surface area contributed by atoms with Gasteiger partial charge in [0.25, 0.3) is 5.95 Å². The van der Waals surface area contributed by atoms with E-state index in [1.807, 2.05) is 37.3 Å². The van der Waals surface area contributed by atoms with Gasteiger partial charge in [-0.25, -0.2) is 0 Å². The van der Waals surface area contributed by atoms with Crippen LogP contribution in [-0.2, 0) is 4.74 Å². The Hall–Kier alpha value is -1.44. The van der Waals surface area contributed by atoms with Gasteiger partial charge in [0.1, 0.15) is 0 Å². The number of allylic oxidation sites excluding steroid dienone is 1. The van der Waals surface area contributed by atoms with E-state index in [-0.39, 0.29) is 11.9 Å². The normalized spacial score (nSPS) is 13.8. The van der Waals surface area contributed by atoms with Crippen LogP contribution in [0.4, 0.5) is 0 Å². The zero-order chi connectivity index (χ0) is 9.68. The fraction of sp³-hybridized carbons (Fsp3) is 0.273. The van der Waals surface area contributed by atoms with Crippen molar-refractivity contribution in [3.05, 3.63) is 47.9 Å². The van der Waals surface area contributed by atoms with Gasteiger partial charge in [-0.15, -0.1) is 0 Å². The summed E-state index contributed by atoms with van der Waals surface area (Å²) in [5.74, 6) is 0.137. The number of hydrogen-bond acceptors (Lipinski definition) is 2. The van der Waals surface area contributed by atoms with Crippen LogP contribution in [0.25, 0.3) is 0 Å². The van der Waals surface area contributed by atoms with E-state index in [0.29, 0.717) is 0 Å². The second-order valence-corrected chi connectivity index (χ2v) is 2.91. The minimum atomic E-state index is -0.0312. The van der Waals surface area contributed by atoms with Crippen LogP contribution in [-0.4, -0.2) is 12.2 Å². The molecule has 70 valence electrons. The molecular weight excluding hydrogens is 164 g/mol. The van der Waals surface area contributed by atoms with Crippen molar-refractivity contribution in [2.45, 2.75) is 12.8 Å². The van der Waals surface area contributed by atoms with Gasteiger partial charge < -0.3 is 9.84 Å². The molecule has 0 radical (unpaired) electrons. The Morgan fingerprint density at radius 1 is 1.38 bits per heavy atom. The highest BCUT2D eigenvalue weighted by Crippen LogP contribution is 2.16. The molecule has 2 heteroatoms. The van der Waals surface area contributed by atoms with Crippen LogP contribution in [0.3, 0.4) is 0 Å². The summed E-state index contributed by atoms with van der Waals surface area (Å²) in [4.78, 5) is 0. The minimum Gasteiger partial charge on any atom is -0.481 e. The average molecular weight is 178 g/mol. The highest BCUT2D eigenvalue weighted by Gasteiger charge is 2.02. The molecule has 1 aromatic rings. The first kappa shape index (κ1) is 9.65. The van der Waals surface area contributed by atoms with Crippen LogP contribution in [0, 0.1) is 0 Å². The standard InChI is InChI=1S/C11H14O2/c1-9(8-11(12)13-2)10-6-4-3-5-7-10/h3-9,12H,1-2H3/b11-8-.